The van der Waals surface area contributed by atoms with Crippen LogP contribution in [0, 0.1) is 16.0 Å². The first-order valence-corrected chi connectivity index (χ1v) is 7.85. The molecule has 3 aromatic rings. The third kappa shape index (κ3) is 2.76. The van der Waals surface area contributed by atoms with E-state index in [-0.39, 0.29) is 24.1 Å². The van der Waals surface area contributed by atoms with Gasteiger partial charge in [-0.05, 0) is 24.1 Å². The number of benzene rings is 1. The minimum atomic E-state index is -0.402. The van der Waals surface area contributed by atoms with Crippen LogP contribution in [0.2, 0.25) is 0 Å². The molecular weight excluding hydrogens is 306 g/mol. The molecule has 0 aliphatic rings. The maximum Gasteiger partial charge on any atom is 0.270 e. The van der Waals surface area contributed by atoms with E-state index in [1.54, 1.807) is 18.3 Å². The lowest BCUT2D eigenvalue weighted by molar-refractivity contribution is -0.384. The molecule has 2 N–H and O–H groups in total. The molecule has 0 saturated carbocycles. The Labute approximate surface area is 139 Å². The van der Waals surface area contributed by atoms with Crippen molar-refractivity contribution < 1.29 is 10.0 Å². The summed E-state index contributed by atoms with van der Waals surface area (Å²) < 4.78 is 0. The molecule has 0 radical (unpaired) electrons. The van der Waals surface area contributed by atoms with Gasteiger partial charge in [0, 0.05) is 46.4 Å². The number of nitro groups is 1. The van der Waals surface area contributed by atoms with E-state index in [1.807, 2.05) is 32.0 Å². The number of aromatic amines is 1. The minimum absolute atomic E-state index is 0.00752. The van der Waals surface area contributed by atoms with E-state index in [4.69, 9.17) is 0 Å². The number of fused-ring (bicyclic) bond motifs is 1. The number of aliphatic hydroxyl groups excluding tert-OH is 1. The summed E-state index contributed by atoms with van der Waals surface area (Å²) in [4.78, 5) is 18.5. The van der Waals surface area contributed by atoms with Crippen LogP contribution < -0.4 is 0 Å². The molecule has 0 unspecified atom stereocenters. The van der Waals surface area contributed by atoms with Gasteiger partial charge in [-0.3, -0.25) is 15.1 Å². The van der Waals surface area contributed by atoms with Gasteiger partial charge in [0.1, 0.15) is 0 Å². The van der Waals surface area contributed by atoms with Crippen molar-refractivity contribution in [3.63, 3.8) is 0 Å². The van der Waals surface area contributed by atoms with E-state index in [0.29, 0.717) is 0 Å². The van der Waals surface area contributed by atoms with Crippen LogP contribution in [-0.4, -0.2) is 26.6 Å². The van der Waals surface area contributed by atoms with Crippen molar-refractivity contribution in [2.24, 2.45) is 5.92 Å². The van der Waals surface area contributed by atoms with Crippen molar-refractivity contribution in [2.45, 2.75) is 19.8 Å². The Morgan fingerprint density at radius 2 is 2.08 bits per heavy atom. The fourth-order valence-electron chi connectivity index (χ4n) is 3.01. The Balaban J connectivity index is 2.33. The third-order valence-electron chi connectivity index (χ3n) is 4.32. The summed E-state index contributed by atoms with van der Waals surface area (Å²) in [7, 11) is 0. The monoisotopic (exact) mass is 325 g/mol. The van der Waals surface area contributed by atoms with E-state index < -0.39 is 4.92 Å². The van der Waals surface area contributed by atoms with E-state index in [0.717, 1.165) is 27.9 Å². The Morgan fingerprint density at radius 3 is 2.67 bits per heavy atom. The quantitative estimate of drug-likeness (QED) is 0.550. The molecule has 0 aliphatic carbocycles. The standard InChI is InChI=1S/C18H19N3O3/c1-11(2)14(10-22)18-17(16-5-3-4-8-19-16)13-9-12(21(23)24)6-7-15(13)20-18/h3-9,11,14,20,22H,10H2,1-2H3/t14-/m1/s1. The predicted octanol–water partition coefficient (Wildman–Crippen LogP) is 3.87. The maximum absolute atomic E-state index is 11.1. The average Bonchev–Trinajstić information content (AvgIpc) is 2.93. The molecule has 0 amide bonds. The van der Waals surface area contributed by atoms with Crippen LogP contribution in [0.15, 0.2) is 42.6 Å². The van der Waals surface area contributed by atoms with Crippen LogP contribution in [0.1, 0.15) is 25.5 Å². The summed E-state index contributed by atoms with van der Waals surface area (Å²) in [6.07, 6.45) is 1.69. The Hall–Kier alpha value is -2.73. The summed E-state index contributed by atoms with van der Waals surface area (Å²) >= 11 is 0. The molecule has 2 aromatic heterocycles. The van der Waals surface area contributed by atoms with Gasteiger partial charge in [-0.1, -0.05) is 19.9 Å². The van der Waals surface area contributed by atoms with Crippen molar-refractivity contribution >= 4 is 16.6 Å². The van der Waals surface area contributed by atoms with E-state index in [2.05, 4.69) is 9.97 Å². The molecular formula is C18H19N3O3. The number of hydrogen-bond acceptors (Lipinski definition) is 4. The Kier molecular flexibility index (Phi) is 4.31. The number of nitrogens with zero attached hydrogens (tertiary/aromatic N) is 2. The Morgan fingerprint density at radius 1 is 1.29 bits per heavy atom. The predicted molar refractivity (Wildman–Crippen MR) is 92.8 cm³/mol. The molecule has 0 aliphatic heterocycles. The molecule has 1 aromatic carbocycles. The summed E-state index contributed by atoms with van der Waals surface area (Å²) in [6.45, 7) is 4.07. The van der Waals surface area contributed by atoms with Gasteiger partial charge in [0.25, 0.3) is 5.69 Å². The zero-order valence-corrected chi connectivity index (χ0v) is 13.6. The number of aromatic nitrogens is 2. The topological polar surface area (TPSA) is 92.0 Å². The largest absolute Gasteiger partial charge is 0.396 e. The number of H-pyrrole nitrogens is 1. The van der Waals surface area contributed by atoms with Crippen LogP contribution >= 0.6 is 0 Å². The summed E-state index contributed by atoms with van der Waals surface area (Å²) in [5.74, 6) is 0.106. The molecule has 0 fully saturated rings. The van der Waals surface area contributed by atoms with Gasteiger partial charge < -0.3 is 10.1 Å². The van der Waals surface area contributed by atoms with Crippen molar-refractivity contribution in [2.75, 3.05) is 6.61 Å². The van der Waals surface area contributed by atoms with Gasteiger partial charge in [0.15, 0.2) is 0 Å². The van der Waals surface area contributed by atoms with Crippen LogP contribution in [0.25, 0.3) is 22.2 Å². The van der Waals surface area contributed by atoms with Gasteiger partial charge in [-0.2, -0.15) is 0 Å². The number of rotatable bonds is 5. The highest BCUT2D eigenvalue weighted by atomic mass is 16.6. The molecule has 124 valence electrons. The van der Waals surface area contributed by atoms with Gasteiger partial charge in [0.2, 0.25) is 0 Å². The lowest BCUT2D eigenvalue weighted by Gasteiger charge is -2.19. The van der Waals surface area contributed by atoms with Crippen LogP contribution in [-0.2, 0) is 0 Å². The molecule has 6 heteroatoms. The highest BCUT2D eigenvalue weighted by Crippen LogP contribution is 2.38. The normalized spacial score (nSPS) is 12.7. The van der Waals surface area contributed by atoms with Gasteiger partial charge in [-0.25, -0.2) is 0 Å². The second-order valence-electron chi connectivity index (χ2n) is 6.15. The maximum atomic E-state index is 11.1. The van der Waals surface area contributed by atoms with Crippen LogP contribution in [0.4, 0.5) is 5.69 Å². The number of aliphatic hydroxyl groups is 1. The van der Waals surface area contributed by atoms with E-state index in [9.17, 15) is 15.2 Å². The molecule has 3 rings (SSSR count). The van der Waals surface area contributed by atoms with Crippen molar-refractivity contribution in [3.05, 3.63) is 58.4 Å². The molecule has 24 heavy (non-hydrogen) atoms. The number of hydrogen-bond donors (Lipinski definition) is 2. The highest BCUT2D eigenvalue weighted by molar-refractivity contribution is 5.98. The first kappa shape index (κ1) is 16.1. The van der Waals surface area contributed by atoms with Crippen LogP contribution in [0.3, 0.4) is 0 Å². The number of nitro benzene ring substituents is 1. The molecule has 0 saturated heterocycles. The summed E-state index contributed by atoms with van der Waals surface area (Å²) in [5.41, 5.74) is 3.26. The zero-order chi connectivity index (χ0) is 17.3. The lowest BCUT2D eigenvalue weighted by atomic mass is 9.89. The second kappa shape index (κ2) is 6.41. The second-order valence-corrected chi connectivity index (χ2v) is 6.15. The van der Waals surface area contributed by atoms with Crippen molar-refractivity contribution in [1.82, 2.24) is 9.97 Å². The molecule has 6 nitrogen and oxygen atoms in total. The number of non-ortho nitro benzene ring substituents is 1. The number of nitrogens with one attached hydrogen (secondary N) is 1. The van der Waals surface area contributed by atoms with E-state index >= 15 is 0 Å². The SMILES string of the molecule is CC(C)[C@@H](CO)c1[nH]c2ccc([N+](=O)[O-])cc2c1-c1ccccn1. The fraction of sp³-hybridized carbons (Fsp3) is 0.278. The highest BCUT2D eigenvalue weighted by Gasteiger charge is 2.24. The average molecular weight is 325 g/mol. The van der Waals surface area contributed by atoms with E-state index in [1.165, 1.54) is 6.07 Å². The van der Waals surface area contributed by atoms with Crippen molar-refractivity contribution in [3.8, 4) is 11.3 Å². The molecule has 0 bridgehead atoms. The number of pyridine rings is 1. The summed E-state index contributed by atoms with van der Waals surface area (Å²) in [5, 5.41) is 21.7. The summed E-state index contributed by atoms with van der Waals surface area (Å²) in [6, 6.07) is 10.3. The fourth-order valence-corrected chi connectivity index (χ4v) is 3.01. The first-order valence-electron chi connectivity index (χ1n) is 7.85. The molecule has 1 atom stereocenters. The first-order chi connectivity index (χ1) is 11.5. The molecule has 0 spiro atoms. The minimum Gasteiger partial charge on any atom is -0.396 e. The third-order valence-corrected chi connectivity index (χ3v) is 4.32. The van der Waals surface area contributed by atoms with Gasteiger partial charge in [-0.15, -0.1) is 0 Å². The lowest BCUT2D eigenvalue weighted by Crippen LogP contribution is -2.12. The zero-order valence-electron chi connectivity index (χ0n) is 13.6. The molecule has 2 heterocycles. The Bertz CT molecular complexity index is 872. The van der Waals surface area contributed by atoms with Gasteiger partial charge in [0.05, 0.1) is 17.2 Å². The van der Waals surface area contributed by atoms with Gasteiger partial charge >= 0.3 is 0 Å². The van der Waals surface area contributed by atoms with Crippen LogP contribution in [0.5, 0.6) is 0 Å². The van der Waals surface area contributed by atoms with Crippen molar-refractivity contribution in [1.29, 1.82) is 0 Å². The smallest absolute Gasteiger partial charge is 0.270 e.